The molecule has 0 aliphatic rings. The highest BCUT2D eigenvalue weighted by atomic mass is 32.1. The fourth-order valence-corrected chi connectivity index (χ4v) is 11.2. The van der Waals surface area contributed by atoms with Crippen molar-refractivity contribution in [2.45, 2.75) is 0 Å². The largest absolute Gasteiger partial charge is 0.455 e. The number of thiophene rings is 1. The van der Waals surface area contributed by atoms with Crippen LogP contribution in [0.3, 0.4) is 0 Å². The van der Waals surface area contributed by atoms with Crippen molar-refractivity contribution in [2.75, 3.05) is 0 Å². The highest BCUT2D eigenvalue weighted by Crippen LogP contribution is 2.46. The molecule has 0 N–H and O–H groups in total. The Morgan fingerprint density at radius 3 is 1.20 bits per heavy atom. The molecule has 59 heavy (non-hydrogen) atoms. The van der Waals surface area contributed by atoms with Crippen molar-refractivity contribution in [3.05, 3.63) is 188 Å². The summed E-state index contributed by atoms with van der Waals surface area (Å²) in [5.74, 6) is 0. The van der Waals surface area contributed by atoms with Crippen LogP contribution in [0.1, 0.15) is 0 Å². The smallest absolute Gasteiger partial charge is 0.145 e. The summed E-state index contributed by atoms with van der Waals surface area (Å²) < 4.78 is 16.9. The Hall–Kier alpha value is -7.60. The van der Waals surface area contributed by atoms with Crippen LogP contribution < -0.4 is 0 Å². The van der Waals surface area contributed by atoms with Crippen molar-refractivity contribution in [3.8, 4) is 17.1 Å². The van der Waals surface area contributed by atoms with E-state index < -0.39 is 0 Å². The van der Waals surface area contributed by atoms with Crippen LogP contribution in [0, 0.1) is 0 Å². The van der Waals surface area contributed by atoms with Crippen LogP contribution >= 0.6 is 11.3 Å². The topological polar surface area (TPSA) is 27.9 Å². The molecule has 0 radical (unpaired) electrons. The zero-order valence-corrected chi connectivity index (χ0v) is 32.4. The normalized spacial score (nSPS) is 12.4. The first-order chi connectivity index (χ1) is 29.3. The van der Waals surface area contributed by atoms with Gasteiger partial charge in [-0.05, 0) is 97.1 Å². The molecule has 0 unspecified atom stereocenters. The summed E-state index contributed by atoms with van der Waals surface area (Å²) in [4.78, 5) is 0. The predicted molar refractivity (Wildman–Crippen MR) is 250 cm³/mol. The highest BCUT2D eigenvalue weighted by molar-refractivity contribution is 7.25. The predicted octanol–water partition coefficient (Wildman–Crippen LogP) is 15.2. The quantitative estimate of drug-likeness (QED) is 0.176. The van der Waals surface area contributed by atoms with Gasteiger partial charge in [-0.2, -0.15) is 0 Å². The summed E-state index contributed by atoms with van der Waals surface area (Å²) in [5.41, 5.74) is 12.3. The number of aromatic nitrogens is 3. The second-order valence-corrected chi connectivity index (χ2v) is 16.7. The number of nitrogens with zero attached hydrogens (tertiary/aromatic N) is 3. The Labute approximate surface area is 340 Å². The van der Waals surface area contributed by atoms with Gasteiger partial charge in [0.2, 0.25) is 0 Å². The minimum Gasteiger partial charge on any atom is -0.455 e. The summed E-state index contributed by atoms with van der Waals surface area (Å²) in [5, 5.41) is 12.0. The maximum absolute atomic E-state index is 7.19. The molecule has 0 bridgehead atoms. The van der Waals surface area contributed by atoms with Gasteiger partial charge in [0.15, 0.2) is 0 Å². The van der Waals surface area contributed by atoms with Gasteiger partial charge < -0.3 is 18.1 Å². The highest BCUT2D eigenvalue weighted by Gasteiger charge is 2.23. The fraction of sp³-hybridized carbons (Fsp3) is 0. The van der Waals surface area contributed by atoms with E-state index in [1.807, 2.05) is 11.3 Å². The average molecular weight is 770 g/mol. The van der Waals surface area contributed by atoms with Gasteiger partial charge in [0.05, 0.1) is 43.9 Å². The maximum Gasteiger partial charge on any atom is 0.145 e. The van der Waals surface area contributed by atoms with Crippen molar-refractivity contribution in [3.63, 3.8) is 0 Å². The minimum absolute atomic E-state index is 0.925. The van der Waals surface area contributed by atoms with E-state index in [2.05, 4.69) is 202 Å². The third kappa shape index (κ3) is 4.16. The third-order valence-corrected chi connectivity index (χ3v) is 13.8. The molecule has 0 saturated heterocycles. The first-order valence-electron chi connectivity index (χ1n) is 20.1. The second-order valence-electron chi connectivity index (χ2n) is 15.6. The fourth-order valence-electron chi connectivity index (χ4n) is 10.2. The Morgan fingerprint density at radius 2 is 0.695 bits per heavy atom. The lowest BCUT2D eigenvalue weighted by atomic mass is 10.1. The number of para-hydroxylation sites is 5. The molecule has 0 saturated carbocycles. The van der Waals surface area contributed by atoms with E-state index in [1.54, 1.807) is 0 Å². The van der Waals surface area contributed by atoms with Crippen LogP contribution in [0.25, 0.3) is 125 Å². The van der Waals surface area contributed by atoms with Gasteiger partial charge in [0.25, 0.3) is 0 Å². The molecule has 0 aliphatic carbocycles. The van der Waals surface area contributed by atoms with E-state index in [1.165, 1.54) is 64.0 Å². The maximum atomic E-state index is 7.19. The molecule has 9 aromatic carbocycles. The lowest BCUT2D eigenvalue weighted by molar-refractivity contribution is 0.677. The molecule has 5 heteroatoms. The molecular weight excluding hydrogens is 739 g/mol. The molecule has 274 valence electrons. The summed E-state index contributed by atoms with van der Waals surface area (Å²) in [7, 11) is 0. The molecule has 0 aliphatic heterocycles. The van der Waals surface area contributed by atoms with Gasteiger partial charge in [0, 0.05) is 69.6 Å². The SMILES string of the molecule is c1ccc(-n2c3ccccc3c3c4oc5c(ccc6c5c5ccccc5n6-c5ccc6sc7ccc(-n8c9ccccc9c9ccccc98)cc7c6c5)c4ccc32)cc1. The lowest BCUT2D eigenvalue weighted by Gasteiger charge is -2.09. The molecule has 0 fully saturated rings. The molecule has 0 amide bonds. The summed E-state index contributed by atoms with van der Waals surface area (Å²) >= 11 is 1.86. The molecule has 4 nitrogen and oxygen atoms in total. The van der Waals surface area contributed by atoms with Gasteiger partial charge in [-0.25, -0.2) is 0 Å². The van der Waals surface area contributed by atoms with E-state index in [0.29, 0.717) is 0 Å². The van der Waals surface area contributed by atoms with Crippen molar-refractivity contribution < 1.29 is 4.42 Å². The van der Waals surface area contributed by atoms with Crippen LogP contribution in [-0.4, -0.2) is 13.7 Å². The zero-order valence-electron chi connectivity index (χ0n) is 31.6. The summed E-state index contributed by atoms with van der Waals surface area (Å²) in [6.07, 6.45) is 0. The van der Waals surface area contributed by atoms with E-state index >= 15 is 0 Å². The Balaban J connectivity index is 1.01. The molecule has 5 aromatic heterocycles. The minimum atomic E-state index is 0.925. The van der Waals surface area contributed by atoms with E-state index in [4.69, 9.17) is 4.42 Å². The van der Waals surface area contributed by atoms with Crippen LogP contribution in [0.15, 0.2) is 192 Å². The summed E-state index contributed by atoms with van der Waals surface area (Å²) in [6, 6.07) is 68.5. The van der Waals surface area contributed by atoms with Gasteiger partial charge in [-0.1, -0.05) is 91.0 Å². The van der Waals surface area contributed by atoms with Crippen LogP contribution in [0.4, 0.5) is 0 Å². The summed E-state index contributed by atoms with van der Waals surface area (Å²) in [6.45, 7) is 0. The Bertz CT molecular complexity index is 4030. The number of hydrogen-bond acceptors (Lipinski definition) is 2. The standard InChI is InChI=1S/C54H31N3OS/c1-2-12-32(13-3-1)55-45-20-10-6-16-39(45)51-47(55)26-24-37-38-25-27-48-52(54(38)58-53(37)51)40-17-7-11-21-46(40)57(48)34-23-29-50-42(31-34)41-30-33(22-28-49(41)59-50)56-43-18-8-4-14-35(43)36-15-5-9-19-44(36)56/h1-31H. The molecule has 0 spiro atoms. The Morgan fingerprint density at radius 1 is 0.288 bits per heavy atom. The molecule has 14 rings (SSSR count). The number of rotatable bonds is 3. The number of furan rings is 1. The van der Waals surface area contributed by atoms with Crippen molar-refractivity contribution in [1.82, 2.24) is 13.7 Å². The van der Waals surface area contributed by atoms with Crippen LogP contribution in [-0.2, 0) is 0 Å². The monoisotopic (exact) mass is 769 g/mol. The van der Waals surface area contributed by atoms with Crippen LogP contribution in [0.2, 0.25) is 0 Å². The first-order valence-corrected chi connectivity index (χ1v) is 20.9. The first kappa shape index (κ1) is 31.5. The van der Waals surface area contributed by atoms with E-state index in [0.717, 1.165) is 60.6 Å². The number of benzene rings is 9. The molecule has 14 aromatic rings. The van der Waals surface area contributed by atoms with Gasteiger partial charge in [-0.15, -0.1) is 11.3 Å². The third-order valence-electron chi connectivity index (χ3n) is 12.6. The van der Waals surface area contributed by atoms with Crippen LogP contribution in [0.5, 0.6) is 0 Å². The van der Waals surface area contributed by atoms with Crippen molar-refractivity contribution in [1.29, 1.82) is 0 Å². The number of fused-ring (bicyclic) bond motifs is 17. The lowest BCUT2D eigenvalue weighted by Crippen LogP contribution is -1.94. The molecule has 5 heterocycles. The zero-order chi connectivity index (χ0) is 38.3. The van der Waals surface area contributed by atoms with Crippen molar-refractivity contribution >= 4 is 119 Å². The van der Waals surface area contributed by atoms with E-state index in [9.17, 15) is 0 Å². The molecule has 0 atom stereocenters. The second kappa shape index (κ2) is 11.5. The number of hydrogen-bond donors (Lipinski definition) is 0. The Kier molecular flexibility index (Phi) is 6.14. The van der Waals surface area contributed by atoms with E-state index in [-0.39, 0.29) is 0 Å². The van der Waals surface area contributed by atoms with Crippen molar-refractivity contribution in [2.24, 2.45) is 0 Å². The van der Waals surface area contributed by atoms with Gasteiger partial charge in [-0.3, -0.25) is 0 Å². The van der Waals surface area contributed by atoms with Gasteiger partial charge in [0.1, 0.15) is 11.2 Å². The average Bonchev–Trinajstić information content (AvgIpc) is 4.09. The molecular formula is C54H31N3OS. The van der Waals surface area contributed by atoms with Gasteiger partial charge >= 0.3 is 0 Å².